The Bertz CT molecular complexity index is 545. The average molecular weight is 295 g/mol. The van der Waals surface area contributed by atoms with E-state index in [1.807, 2.05) is 7.05 Å². The van der Waals surface area contributed by atoms with Crippen LogP contribution in [-0.4, -0.2) is 39.2 Å². The molecule has 0 atom stereocenters. The highest BCUT2D eigenvalue weighted by atomic mass is 35.5. The minimum atomic E-state index is 0. The van der Waals surface area contributed by atoms with Gasteiger partial charge in [-0.2, -0.15) is 0 Å². The summed E-state index contributed by atoms with van der Waals surface area (Å²) >= 11 is 0. The number of nitrogens with zero attached hydrogens (tertiary/aromatic N) is 1. The second-order valence-corrected chi connectivity index (χ2v) is 4.81. The fourth-order valence-corrected chi connectivity index (χ4v) is 2.32. The van der Waals surface area contributed by atoms with Crippen LogP contribution in [0.2, 0.25) is 0 Å². The molecular weight excluding hydrogens is 272 g/mol. The number of benzene rings is 2. The molecule has 2 aromatic carbocycles. The molecule has 0 bridgehead atoms. The van der Waals surface area contributed by atoms with Crippen LogP contribution in [0.3, 0.4) is 0 Å². The molecule has 0 radical (unpaired) electrons. The Morgan fingerprint density at radius 1 is 1.10 bits per heavy atom. The zero-order valence-electron chi connectivity index (χ0n) is 12.3. The molecule has 0 saturated heterocycles. The Labute approximate surface area is 127 Å². The fraction of sp³-hybridized carbons (Fsp3) is 0.375. The fourth-order valence-electron chi connectivity index (χ4n) is 2.32. The monoisotopic (exact) mass is 294 g/mol. The van der Waals surface area contributed by atoms with Crippen LogP contribution in [0.5, 0.6) is 5.75 Å². The van der Waals surface area contributed by atoms with E-state index < -0.39 is 0 Å². The number of nitrogens with one attached hydrogen (secondary N) is 1. The quantitative estimate of drug-likeness (QED) is 0.886. The Morgan fingerprint density at radius 2 is 1.80 bits per heavy atom. The summed E-state index contributed by atoms with van der Waals surface area (Å²) in [6, 6.07) is 12.6. The molecule has 0 aliphatic carbocycles. The van der Waals surface area contributed by atoms with Crippen molar-refractivity contribution in [3.8, 4) is 5.75 Å². The van der Waals surface area contributed by atoms with Gasteiger partial charge in [0.05, 0.1) is 7.11 Å². The van der Waals surface area contributed by atoms with Crippen LogP contribution in [0.4, 0.5) is 0 Å². The van der Waals surface area contributed by atoms with Gasteiger partial charge in [-0.25, -0.2) is 0 Å². The van der Waals surface area contributed by atoms with E-state index in [-0.39, 0.29) is 12.4 Å². The van der Waals surface area contributed by atoms with Crippen molar-refractivity contribution in [3.63, 3.8) is 0 Å². The molecule has 0 saturated carbocycles. The van der Waals surface area contributed by atoms with Gasteiger partial charge in [-0.3, -0.25) is 0 Å². The number of fused-ring (bicyclic) bond motifs is 1. The topological polar surface area (TPSA) is 24.5 Å². The molecule has 0 aromatic heterocycles. The largest absolute Gasteiger partial charge is 0.496 e. The van der Waals surface area contributed by atoms with E-state index in [1.165, 1.54) is 16.3 Å². The smallest absolute Gasteiger partial charge is 0.126 e. The molecule has 0 fully saturated rings. The Morgan fingerprint density at radius 3 is 2.45 bits per heavy atom. The molecule has 3 nitrogen and oxygen atoms in total. The van der Waals surface area contributed by atoms with Crippen molar-refractivity contribution < 1.29 is 4.74 Å². The molecule has 0 amide bonds. The van der Waals surface area contributed by atoms with Crippen molar-refractivity contribution in [2.45, 2.75) is 6.54 Å². The second kappa shape index (κ2) is 8.10. The summed E-state index contributed by atoms with van der Waals surface area (Å²) in [5.74, 6) is 0.942. The minimum absolute atomic E-state index is 0. The van der Waals surface area contributed by atoms with Crippen LogP contribution in [0.25, 0.3) is 10.8 Å². The maximum atomic E-state index is 5.43. The number of hydrogen-bond donors (Lipinski definition) is 1. The van der Waals surface area contributed by atoms with E-state index in [0.29, 0.717) is 0 Å². The lowest BCUT2D eigenvalue weighted by molar-refractivity contribution is 0.329. The van der Waals surface area contributed by atoms with Crippen molar-refractivity contribution in [1.29, 1.82) is 0 Å². The molecule has 2 rings (SSSR count). The summed E-state index contributed by atoms with van der Waals surface area (Å²) < 4.78 is 5.43. The predicted octanol–water partition coefficient (Wildman–Crippen LogP) is 2.92. The van der Waals surface area contributed by atoms with Crippen molar-refractivity contribution >= 4 is 23.2 Å². The van der Waals surface area contributed by atoms with E-state index in [0.717, 1.165) is 25.4 Å². The SMILES string of the molecule is CNCCN(C)Cc1ccc(OC)c2ccccc12.Cl. The summed E-state index contributed by atoms with van der Waals surface area (Å²) in [5, 5.41) is 5.64. The van der Waals surface area contributed by atoms with E-state index in [2.05, 4.69) is 53.7 Å². The van der Waals surface area contributed by atoms with E-state index in [9.17, 15) is 0 Å². The first-order valence-electron chi connectivity index (χ1n) is 6.64. The lowest BCUT2D eigenvalue weighted by atomic mass is 10.0. The lowest BCUT2D eigenvalue weighted by Crippen LogP contribution is -2.27. The first kappa shape index (κ1) is 16.8. The number of halogens is 1. The third-order valence-electron chi connectivity index (χ3n) is 3.38. The van der Waals surface area contributed by atoms with Crippen LogP contribution >= 0.6 is 12.4 Å². The minimum Gasteiger partial charge on any atom is -0.496 e. The summed E-state index contributed by atoms with van der Waals surface area (Å²) in [4.78, 5) is 2.32. The van der Waals surface area contributed by atoms with Crippen LogP contribution < -0.4 is 10.1 Å². The molecule has 0 aliphatic heterocycles. The van der Waals surface area contributed by atoms with Gasteiger partial charge in [-0.05, 0) is 31.1 Å². The highest BCUT2D eigenvalue weighted by Gasteiger charge is 2.07. The van der Waals surface area contributed by atoms with Crippen LogP contribution in [0, 0.1) is 0 Å². The Balaban J connectivity index is 0.00000200. The van der Waals surface area contributed by atoms with E-state index in [4.69, 9.17) is 4.74 Å². The molecule has 1 N–H and O–H groups in total. The highest BCUT2D eigenvalue weighted by molar-refractivity contribution is 5.91. The maximum absolute atomic E-state index is 5.43. The first-order valence-corrected chi connectivity index (χ1v) is 6.64. The number of hydrogen-bond acceptors (Lipinski definition) is 3. The van der Waals surface area contributed by atoms with Crippen LogP contribution in [-0.2, 0) is 6.54 Å². The number of likely N-dealkylation sites (N-methyl/N-ethyl adjacent to an activating group) is 2. The summed E-state index contributed by atoms with van der Waals surface area (Å²) in [6.45, 7) is 2.99. The molecule has 0 unspecified atom stereocenters. The zero-order chi connectivity index (χ0) is 13.7. The van der Waals surface area contributed by atoms with Crippen molar-refractivity contribution in [3.05, 3.63) is 42.0 Å². The van der Waals surface area contributed by atoms with Crippen molar-refractivity contribution in [2.24, 2.45) is 0 Å². The third-order valence-corrected chi connectivity index (χ3v) is 3.38. The van der Waals surface area contributed by atoms with Gasteiger partial charge in [-0.15, -0.1) is 12.4 Å². The van der Waals surface area contributed by atoms with Crippen LogP contribution in [0.1, 0.15) is 5.56 Å². The van der Waals surface area contributed by atoms with E-state index in [1.54, 1.807) is 7.11 Å². The van der Waals surface area contributed by atoms with Gasteiger partial charge in [0.15, 0.2) is 0 Å². The molecule has 20 heavy (non-hydrogen) atoms. The Hall–Kier alpha value is -1.29. The van der Waals surface area contributed by atoms with Gasteiger partial charge in [-0.1, -0.05) is 30.3 Å². The molecule has 0 spiro atoms. The van der Waals surface area contributed by atoms with Gasteiger partial charge < -0.3 is 15.0 Å². The van der Waals surface area contributed by atoms with Crippen LogP contribution in [0.15, 0.2) is 36.4 Å². The predicted molar refractivity (Wildman–Crippen MR) is 88.0 cm³/mol. The summed E-state index contributed by atoms with van der Waals surface area (Å²) in [6.07, 6.45) is 0. The van der Waals surface area contributed by atoms with Gasteiger partial charge in [0.25, 0.3) is 0 Å². The van der Waals surface area contributed by atoms with Gasteiger partial charge in [0.1, 0.15) is 5.75 Å². The number of ether oxygens (including phenoxy) is 1. The second-order valence-electron chi connectivity index (χ2n) is 4.81. The Kier molecular flexibility index (Phi) is 6.79. The standard InChI is InChI=1S/C16H22N2O.ClH/c1-17-10-11-18(2)12-13-8-9-16(19-3)15-7-5-4-6-14(13)15;/h4-9,17H,10-12H2,1-3H3;1H. The highest BCUT2D eigenvalue weighted by Crippen LogP contribution is 2.28. The molecule has 110 valence electrons. The molecule has 0 aliphatic rings. The normalized spacial score (nSPS) is 10.6. The number of rotatable bonds is 6. The van der Waals surface area contributed by atoms with Gasteiger partial charge in [0, 0.05) is 25.0 Å². The van der Waals surface area contributed by atoms with Crippen molar-refractivity contribution in [2.75, 3.05) is 34.3 Å². The zero-order valence-corrected chi connectivity index (χ0v) is 13.2. The molecule has 0 heterocycles. The summed E-state index contributed by atoms with van der Waals surface area (Å²) in [7, 11) is 5.85. The summed E-state index contributed by atoms with van der Waals surface area (Å²) in [5.41, 5.74) is 1.34. The molecule has 2 aromatic rings. The molecular formula is C16H23ClN2O. The first-order chi connectivity index (χ1) is 9.26. The molecule has 4 heteroatoms. The van der Waals surface area contributed by atoms with Gasteiger partial charge in [0.2, 0.25) is 0 Å². The van der Waals surface area contributed by atoms with Gasteiger partial charge >= 0.3 is 0 Å². The van der Waals surface area contributed by atoms with Crippen molar-refractivity contribution in [1.82, 2.24) is 10.2 Å². The van der Waals surface area contributed by atoms with E-state index >= 15 is 0 Å². The number of methoxy groups -OCH3 is 1. The third kappa shape index (κ3) is 3.85. The lowest BCUT2D eigenvalue weighted by Gasteiger charge is -2.18. The maximum Gasteiger partial charge on any atom is 0.126 e. The average Bonchev–Trinajstić information content (AvgIpc) is 2.45.